The minimum atomic E-state index is -1.50. The van der Waals surface area contributed by atoms with Gasteiger partial charge in [-0.2, -0.15) is 0 Å². The molecule has 2 aliphatic heterocycles. The second-order valence-corrected chi connectivity index (χ2v) is 20.2. The Hall–Kier alpha value is -6.07. The molecular weight excluding hydrogens is 919 g/mol. The number of carbonyl (C=O) groups is 6. The summed E-state index contributed by atoms with van der Waals surface area (Å²) in [5.74, 6) is -3.88. The Morgan fingerprint density at radius 1 is 1.00 bits per heavy atom. The van der Waals surface area contributed by atoms with Crippen LogP contribution in [-0.4, -0.2) is 74.4 Å². The molecule has 0 saturated carbocycles. The van der Waals surface area contributed by atoms with Crippen LogP contribution < -0.4 is 4.74 Å². The largest absolute Gasteiger partial charge is 0.508 e. The summed E-state index contributed by atoms with van der Waals surface area (Å²) < 4.78 is 23.8. The molecule has 1 aromatic heterocycles. The summed E-state index contributed by atoms with van der Waals surface area (Å²) >= 11 is 1.57. The highest BCUT2D eigenvalue weighted by Crippen LogP contribution is 2.37. The number of nitrogens with zero attached hydrogens (tertiary/aromatic N) is 3. The summed E-state index contributed by atoms with van der Waals surface area (Å²) in [6.07, 6.45) is 10.6. The number of amides is 2. The van der Waals surface area contributed by atoms with Crippen molar-refractivity contribution in [3.8, 4) is 5.75 Å². The Morgan fingerprint density at radius 2 is 1.69 bits per heavy atom. The number of imide groups is 1. The van der Waals surface area contributed by atoms with Crippen molar-refractivity contribution in [3.05, 3.63) is 99.1 Å². The maximum absolute atomic E-state index is 14.5. The number of aliphatic hydroxyl groups is 1. The van der Waals surface area contributed by atoms with Gasteiger partial charge >= 0.3 is 23.8 Å². The number of aromatic nitrogens is 1. The number of carbonyl (C=O) groups excluding carboxylic acids is 6. The van der Waals surface area contributed by atoms with Gasteiger partial charge in [-0.3, -0.25) is 39.0 Å². The van der Waals surface area contributed by atoms with Gasteiger partial charge in [0.25, 0.3) is 11.8 Å². The van der Waals surface area contributed by atoms with Crippen LogP contribution in [0.3, 0.4) is 0 Å². The lowest BCUT2D eigenvalue weighted by molar-refractivity contribution is -0.385. The lowest BCUT2D eigenvalue weighted by atomic mass is 9.71. The van der Waals surface area contributed by atoms with Gasteiger partial charge in [0.05, 0.1) is 44.0 Å². The zero-order chi connectivity index (χ0) is 51.0. The summed E-state index contributed by atoms with van der Waals surface area (Å²) in [4.78, 5) is 94.7. The van der Waals surface area contributed by atoms with Gasteiger partial charge in [-0.1, -0.05) is 89.2 Å². The molecule has 378 valence electrons. The van der Waals surface area contributed by atoms with Crippen LogP contribution in [0.1, 0.15) is 146 Å². The Kier molecular flexibility index (Phi) is 20.6. The molecule has 0 saturated heterocycles. The van der Waals surface area contributed by atoms with E-state index in [1.165, 1.54) is 35.3 Å². The van der Waals surface area contributed by atoms with E-state index in [0.717, 1.165) is 77.4 Å². The fourth-order valence-electron chi connectivity index (χ4n) is 8.81. The molecule has 2 amide bonds. The molecule has 16 nitrogen and oxygen atoms in total. The maximum atomic E-state index is 14.5. The van der Waals surface area contributed by atoms with Crippen molar-refractivity contribution in [1.82, 2.24) is 9.88 Å². The van der Waals surface area contributed by atoms with Crippen molar-refractivity contribution in [2.75, 3.05) is 6.54 Å². The third-order valence-electron chi connectivity index (χ3n) is 13.1. The predicted octanol–water partition coefficient (Wildman–Crippen LogP) is 10.9. The lowest BCUT2D eigenvalue weighted by Crippen LogP contribution is -2.47. The van der Waals surface area contributed by atoms with E-state index in [0.29, 0.717) is 38.6 Å². The standard InChI is InChI=1S/C53H67N3O13S/c1-7-17-39-50(35(3)19-16-18-34(2)21-24-42(38-23-26-44-40(31-38)54-36(4)70-44)67-49(61)32-45(57)53(5,6)51(39)62)69-52(63)66-33-37-22-25-43(41(30-37)56(64)65)68-48(60)20-14-12-10-8-9-11-13-15-29-55-46(58)27-28-47(55)59/h7,21-23,25-28,30-31,35,39,42,45,50,57H,1,8-20,24,29,32-33H2,2-6H3/b34-21-/t35-,39+,42-,45+,50-/m0/s1. The molecule has 0 unspecified atom stereocenters. The Balaban J connectivity index is 1.16. The van der Waals surface area contributed by atoms with Gasteiger partial charge in [0, 0.05) is 37.6 Å². The third-order valence-corrected chi connectivity index (χ3v) is 14.0. The summed E-state index contributed by atoms with van der Waals surface area (Å²) in [6, 6.07) is 9.66. The van der Waals surface area contributed by atoms with E-state index in [1.807, 2.05) is 45.0 Å². The van der Waals surface area contributed by atoms with Crippen molar-refractivity contribution < 1.29 is 57.7 Å². The Bertz CT molecular complexity index is 2420. The Labute approximate surface area is 413 Å². The van der Waals surface area contributed by atoms with Crippen LogP contribution in [-0.2, 0) is 44.8 Å². The molecule has 5 rings (SSSR count). The molecule has 0 radical (unpaired) electrons. The molecule has 2 aromatic carbocycles. The van der Waals surface area contributed by atoms with Crippen molar-refractivity contribution in [1.29, 1.82) is 0 Å². The molecule has 5 atom stereocenters. The van der Waals surface area contributed by atoms with Crippen LogP contribution in [0.5, 0.6) is 5.75 Å². The van der Waals surface area contributed by atoms with Gasteiger partial charge in [0.2, 0.25) is 5.75 Å². The van der Waals surface area contributed by atoms with Crippen molar-refractivity contribution >= 4 is 62.9 Å². The molecule has 70 heavy (non-hydrogen) atoms. The summed E-state index contributed by atoms with van der Waals surface area (Å²) in [5, 5.41) is 24.5. The van der Waals surface area contributed by atoms with E-state index < -0.39 is 77.2 Å². The average molecular weight is 986 g/mol. The molecule has 17 heteroatoms. The summed E-state index contributed by atoms with van der Waals surface area (Å²) in [7, 11) is 0. The highest BCUT2D eigenvalue weighted by atomic mass is 32.1. The predicted molar refractivity (Wildman–Crippen MR) is 263 cm³/mol. The number of benzene rings is 2. The molecular formula is C53H67N3O13S. The van der Waals surface area contributed by atoms with Crippen LogP contribution in [0, 0.1) is 34.3 Å². The number of rotatable bonds is 19. The fourth-order valence-corrected chi connectivity index (χ4v) is 9.62. The van der Waals surface area contributed by atoms with Gasteiger partial charge in [0.1, 0.15) is 24.6 Å². The first-order valence-corrected chi connectivity index (χ1v) is 25.1. The number of aliphatic hydroxyl groups excluding tert-OH is 1. The van der Waals surface area contributed by atoms with Gasteiger partial charge in [-0.05, 0) is 87.6 Å². The normalized spacial score (nSPS) is 22.1. The molecule has 3 heterocycles. The van der Waals surface area contributed by atoms with Gasteiger partial charge < -0.3 is 24.1 Å². The molecule has 0 fully saturated rings. The van der Waals surface area contributed by atoms with Crippen molar-refractivity contribution in [2.45, 2.75) is 156 Å². The van der Waals surface area contributed by atoms with Gasteiger partial charge in [0.15, 0.2) is 0 Å². The third kappa shape index (κ3) is 15.7. The SMILES string of the molecule is C=CC[C@H]1C(=O)C(C)(C)[C@H](O)CC(=O)O[C@H](c2ccc3sc(C)nc3c2)C/C=C(/C)CCC[C@H](C)[C@@H]1OC(=O)OCc1ccc(OC(=O)CCCCCCCCCCN2C(=O)C=CC2=O)c([N+](=O)[O-])c1. The highest BCUT2D eigenvalue weighted by Gasteiger charge is 2.45. The molecule has 0 bridgehead atoms. The second-order valence-electron chi connectivity index (χ2n) is 18.9. The number of esters is 2. The van der Waals surface area contributed by atoms with E-state index in [9.17, 15) is 44.0 Å². The topological polar surface area (TPSA) is 219 Å². The number of aryl methyl sites for hydroxylation is 1. The highest BCUT2D eigenvalue weighted by molar-refractivity contribution is 7.18. The first-order chi connectivity index (χ1) is 33.4. The number of fused-ring (bicyclic) bond motifs is 1. The monoisotopic (exact) mass is 985 g/mol. The van der Waals surface area contributed by atoms with E-state index in [1.54, 1.807) is 25.2 Å². The summed E-state index contributed by atoms with van der Waals surface area (Å²) in [5.41, 5.74) is 0.869. The van der Waals surface area contributed by atoms with Gasteiger partial charge in [-0.15, -0.1) is 17.9 Å². The average Bonchev–Trinajstić information content (AvgIpc) is 3.86. The second kappa shape index (κ2) is 26.2. The number of nitro benzene ring substituents is 1. The van der Waals surface area contributed by atoms with E-state index in [2.05, 4.69) is 11.6 Å². The number of hydrogen-bond donors (Lipinski definition) is 1. The zero-order valence-electron chi connectivity index (χ0n) is 41.0. The van der Waals surface area contributed by atoms with Crippen molar-refractivity contribution in [3.63, 3.8) is 0 Å². The maximum Gasteiger partial charge on any atom is 0.508 e. The van der Waals surface area contributed by atoms with Crippen LogP contribution in [0.15, 0.2) is 72.9 Å². The molecule has 0 aliphatic carbocycles. The number of unbranched alkanes of at least 4 members (excludes halogenated alkanes) is 7. The first-order valence-electron chi connectivity index (χ1n) is 24.3. The zero-order valence-corrected chi connectivity index (χ0v) is 41.8. The number of cyclic esters (lactones) is 1. The fraction of sp³-hybridized carbons (Fsp3) is 0.528. The quantitative estimate of drug-likeness (QED) is 0.0225. The smallest absolute Gasteiger partial charge is 0.457 e. The molecule has 3 aromatic rings. The van der Waals surface area contributed by atoms with Crippen LogP contribution >= 0.6 is 11.3 Å². The minimum absolute atomic E-state index is 0.0694. The van der Waals surface area contributed by atoms with Crippen molar-refractivity contribution in [2.24, 2.45) is 17.3 Å². The van der Waals surface area contributed by atoms with E-state index in [4.69, 9.17) is 18.9 Å². The number of thiazole rings is 1. The minimum Gasteiger partial charge on any atom is -0.457 e. The molecule has 2 aliphatic rings. The summed E-state index contributed by atoms with van der Waals surface area (Å²) in [6.45, 7) is 12.7. The lowest BCUT2D eigenvalue weighted by Gasteiger charge is -2.37. The number of hydrogen-bond acceptors (Lipinski definition) is 15. The molecule has 0 spiro atoms. The first kappa shape index (κ1) is 54.9. The number of Topliss-reactive ketones (excluding diaryl/α,β-unsaturated/α-hetero) is 1. The van der Waals surface area contributed by atoms with Gasteiger partial charge in [-0.25, -0.2) is 9.78 Å². The molecule has 1 N–H and O–H groups in total. The number of nitro groups is 1. The van der Waals surface area contributed by atoms with Crippen LogP contribution in [0.25, 0.3) is 10.2 Å². The van der Waals surface area contributed by atoms with E-state index in [-0.39, 0.29) is 41.9 Å². The van der Waals surface area contributed by atoms with Crippen LogP contribution in [0.2, 0.25) is 0 Å². The van der Waals surface area contributed by atoms with Crippen LogP contribution in [0.4, 0.5) is 10.5 Å². The number of ketones is 1. The van der Waals surface area contributed by atoms with E-state index >= 15 is 0 Å². The number of ether oxygens (including phenoxy) is 4. The Morgan fingerprint density at radius 3 is 2.37 bits per heavy atom. The number of allylic oxidation sites excluding steroid dienone is 2.